The van der Waals surface area contributed by atoms with Crippen LogP contribution in [0.1, 0.15) is 17.0 Å². The van der Waals surface area contributed by atoms with Crippen molar-refractivity contribution in [1.29, 1.82) is 0 Å². The average molecular weight is 293 g/mol. The Morgan fingerprint density at radius 2 is 1.91 bits per heavy atom. The summed E-state index contributed by atoms with van der Waals surface area (Å²) >= 11 is 0. The molecule has 0 atom stereocenters. The first kappa shape index (κ1) is 14.1. The Balaban J connectivity index is 1.70. The standard InChI is InChI=1S/C18H15NO3/c1-12-3-5-14(6-4-12)7-10-18(20)22-15-8-9-17-16(11-15)19-13(2)21-17/h3-11H,1-2H3/b10-7+. The largest absolute Gasteiger partial charge is 0.441 e. The van der Waals surface area contributed by atoms with Gasteiger partial charge in [-0.3, -0.25) is 0 Å². The second-order valence-corrected chi connectivity index (χ2v) is 5.03. The molecule has 4 nitrogen and oxygen atoms in total. The molecule has 0 spiro atoms. The Kier molecular flexibility index (Phi) is 3.74. The second kappa shape index (κ2) is 5.85. The molecule has 3 aromatic rings. The van der Waals surface area contributed by atoms with Crippen LogP contribution in [0.4, 0.5) is 0 Å². The molecule has 0 saturated carbocycles. The van der Waals surface area contributed by atoms with E-state index < -0.39 is 5.97 Å². The summed E-state index contributed by atoms with van der Waals surface area (Å²) < 4.78 is 10.6. The van der Waals surface area contributed by atoms with Gasteiger partial charge in [0.1, 0.15) is 11.3 Å². The third-order valence-electron chi connectivity index (χ3n) is 3.17. The predicted molar refractivity (Wildman–Crippen MR) is 84.6 cm³/mol. The zero-order valence-corrected chi connectivity index (χ0v) is 12.4. The summed E-state index contributed by atoms with van der Waals surface area (Å²) in [5.41, 5.74) is 3.47. The molecule has 0 saturated heterocycles. The smallest absolute Gasteiger partial charge is 0.336 e. The van der Waals surface area contributed by atoms with Gasteiger partial charge in [-0.25, -0.2) is 9.78 Å². The number of aryl methyl sites for hydroxylation is 2. The molecule has 0 amide bonds. The van der Waals surface area contributed by atoms with Gasteiger partial charge in [0.2, 0.25) is 0 Å². The number of aromatic nitrogens is 1. The summed E-state index contributed by atoms with van der Waals surface area (Å²) in [4.78, 5) is 16.0. The predicted octanol–water partition coefficient (Wildman–Crippen LogP) is 4.06. The Hall–Kier alpha value is -2.88. The van der Waals surface area contributed by atoms with Crippen LogP contribution in [0.3, 0.4) is 0 Å². The summed E-state index contributed by atoms with van der Waals surface area (Å²) in [6.45, 7) is 3.79. The van der Waals surface area contributed by atoms with Crippen molar-refractivity contribution in [3.8, 4) is 5.75 Å². The van der Waals surface area contributed by atoms with Crippen LogP contribution in [-0.4, -0.2) is 11.0 Å². The third-order valence-corrected chi connectivity index (χ3v) is 3.17. The highest BCUT2D eigenvalue weighted by molar-refractivity contribution is 5.89. The zero-order chi connectivity index (χ0) is 15.5. The van der Waals surface area contributed by atoms with Gasteiger partial charge in [-0.15, -0.1) is 0 Å². The summed E-state index contributed by atoms with van der Waals surface area (Å²) in [6.07, 6.45) is 3.13. The maximum Gasteiger partial charge on any atom is 0.336 e. The van der Waals surface area contributed by atoms with E-state index in [0.29, 0.717) is 22.7 Å². The molecule has 0 radical (unpaired) electrons. The van der Waals surface area contributed by atoms with E-state index in [1.165, 1.54) is 11.6 Å². The molecule has 22 heavy (non-hydrogen) atoms. The molecule has 1 aromatic heterocycles. The van der Waals surface area contributed by atoms with Crippen molar-refractivity contribution in [2.45, 2.75) is 13.8 Å². The van der Waals surface area contributed by atoms with E-state index in [9.17, 15) is 4.79 Å². The molecular formula is C18H15NO3. The SMILES string of the molecule is Cc1ccc(/C=C/C(=O)Oc2ccc3oc(C)nc3c2)cc1. The monoisotopic (exact) mass is 293 g/mol. The Bertz CT molecular complexity index is 844. The van der Waals surface area contributed by atoms with Gasteiger partial charge in [-0.1, -0.05) is 29.8 Å². The summed E-state index contributed by atoms with van der Waals surface area (Å²) in [6, 6.07) is 13.0. The fraction of sp³-hybridized carbons (Fsp3) is 0.111. The maximum atomic E-state index is 11.8. The highest BCUT2D eigenvalue weighted by atomic mass is 16.5. The Morgan fingerprint density at radius 1 is 1.14 bits per heavy atom. The van der Waals surface area contributed by atoms with E-state index in [1.807, 2.05) is 31.2 Å². The van der Waals surface area contributed by atoms with Gasteiger partial charge >= 0.3 is 5.97 Å². The number of nitrogens with zero attached hydrogens (tertiary/aromatic N) is 1. The van der Waals surface area contributed by atoms with Crippen molar-refractivity contribution in [3.05, 3.63) is 65.6 Å². The van der Waals surface area contributed by atoms with Crippen LogP contribution in [0, 0.1) is 13.8 Å². The van der Waals surface area contributed by atoms with Crippen molar-refractivity contribution >= 4 is 23.1 Å². The number of carbonyl (C=O) groups is 1. The molecule has 0 N–H and O–H groups in total. The summed E-state index contributed by atoms with van der Waals surface area (Å²) in [7, 11) is 0. The highest BCUT2D eigenvalue weighted by Crippen LogP contribution is 2.21. The first-order chi connectivity index (χ1) is 10.6. The molecule has 0 aliphatic heterocycles. The van der Waals surface area contributed by atoms with E-state index in [1.54, 1.807) is 31.2 Å². The molecular weight excluding hydrogens is 278 g/mol. The zero-order valence-electron chi connectivity index (χ0n) is 12.4. The van der Waals surface area contributed by atoms with Crippen LogP contribution < -0.4 is 4.74 Å². The maximum absolute atomic E-state index is 11.8. The van der Waals surface area contributed by atoms with Crippen LogP contribution in [0.2, 0.25) is 0 Å². The Labute approximate surface area is 128 Å². The molecule has 4 heteroatoms. The van der Waals surface area contributed by atoms with E-state index in [2.05, 4.69) is 4.98 Å². The number of carbonyl (C=O) groups excluding carboxylic acids is 1. The third kappa shape index (κ3) is 3.23. The molecule has 0 bridgehead atoms. The van der Waals surface area contributed by atoms with Crippen molar-refractivity contribution in [3.63, 3.8) is 0 Å². The number of esters is 1. The number of hydrogen-bond acceptors (Lipinski definition) is 4. The van der Waals surface area contributed by atoms with Gasteiger partial charge in [-0.2, -0.15) is 0 Å². The normalized spacial score (nSPS) is 11.2. The second-order valence-electron chi connectivity index (χ2n) is 5.03. The molecule has 0 unspecified atom stereocenters. The van der Waals surface area contributed by atoms with Gasteiger partial charge in [-0.05, 0) is 30.7 Å². The van der Waals surface area contributed by atoms with Crippen LogP contribution in [0.15, 0.2) is 53.0 Å². The van der Waals surface area contributed by atoms with Gasteiger partial charge in [0.15, 0.2) is 11.5 Å². The molecule has 2 aromatic carbocycles. The van der Waals surface area contributed by atoms with Crippen molar-refractivity contribution in [1.82, 2.24) is 4.98 Å². The molecule has 3 rings (SSSR count). The number of oxazole rings is 1. The molecule has 110 valence electrons. The first-order valence-corrected chi connectivity index (χ1v) is 6.94. The van der Waals surface area contributed by atoms with Gasteiger partial charge in [0, 0.05) is 19.1 Å². The van der Waals surface area contributed by atoms with Crippen molar-refractivity contribution in [2.24, 2.45) is 0 Å². The molecule has 0 fully saturated rings. The molecule has 0 aliphatic carbocycles. The average Bonchev–Trinajstić information content (AvgIpc) is 2.86. The lowest BCUT2D eigenvalue weighted by atomic mass is 10.1. The van der Waals surface area contributed by atoms with Crippen molar-refractivity contribution < 1.29 is 13.9 Å². The van der Waals surface area contributed by atoms with Crippen molar-refractivity contribution in [2.75, 3.05) is 0 Å². The molecule has 1 heterocycles. The number of hydrogen-bond donors (Lipinski definition) is 0. The Morgan fingerprint density at radius 3 is 2.68 bits per heavy atom. The lowest BCUT2D eigenvalue weighted by molar-refractivity contribution is -0.128. The minimum Gasteiger partial charge on any atom is -0.441 e. The minimum atomic E-state index is -0.430. The van der Waals surface area contributed by atoms with Gasteiger partial charge < -0.3 is 9.15 Å². The fourth-order valence-electron chi connectivity index (χ4n) is 2.08. The van der Waals surface area contributed by atoms with E-state index in [-0.39, 0.29) is 0 Å². The van der Waals surface area contributed by atoms with E-state index >= 15 is 0 Å². The molecule has 0 aliphatic rings. The van der Waals surface area contributed by atoms with Crippen LogP contribution in [-0.2, 0) is 4.79 Å². The first-order valence-electron chi connectivity index (χ1n) is 6.94. The minimum absolute atomic E-state index is 0.430. The quantitative estimate of drug-likeness (QED) is 0.415. The van der Waals surface area contributed by atoms with Gasteiger partial charge in [0.25, 0.3) is 0 Å². The number of fused-ring (bicyclic) bond motifs is 1. The lowest BCUT2D eigenvalue weighted by Crippen LogP contribution is -2.03. The van der Waals surface area contributed by atoms with E-state index in [4.69, 9.17) is 9.15 Å². The summed E-state index contributed by atoms with van der Waals surface area (Å²) in [5.74, 6) is 0.595. The summed E-state index contributed by atoms with van der Waals surface area (Å²) in [5, 5.41) is 0. The van der Waals surface area contributed by atoms with Crippen LogP contribution in [0.25, 0.3) is 17.2 Å². The van der Waals surface area contributed by atoms with Crippen LogP contribution in [0.5, 0.6) is 5.75 Å². The van der Waals surface area contributed by atoms with E-state index in [0.717, 1.165) is 5.56 Å². The number of rotatable bonds is 3. The number of ether oxygens (including phenoxy) is 1. The van der Waals surface area contributed by atoms with Gasteiger partial charge in [0.05, 0.1) is 0 Å². The highest BCUT2D eigenvalue weighted by Gasteiger charge is 2.06. The fourth-order valence-corrected chi connectivity index (χ4v) is 2.08. The lowest BCUT2D eigenvalue weighted by Gasteiger charge is -2.00. The number of benzene rings is 2. The van der Waals surface area contributed by atoms with Crippen LogP contribution >= 0.6 is 0 Å². The topological polar surface area (TPSA) is 52.3 Å².